The Morgan fingerprint density at radius 2 is 2.00 bits per heavy atom. The van der Waals surface area contributed by atoms with Crippen molar-refractivity contribution in [1.29, 1.82) is 0 Å². The van der Waals surface area contributed by atoms with Crippen molar-refractivity contribution in [2.45, 2.75) is 39.2 Å². The molecule has 4 nitrogen and oxygen atoms in total. The Balaban J connectivity index is 2.03. The van der Waals surface area contributed by atoms with E-state index < -0.39 is 0 Å². The Morgan fingerprint density at radius 3 is 2.65 bits per heavy atom. The molecule has 1 atom stereocenters. The van der Waals surface area contributed by atoms with Crippen LogP contribution in [0.1, 0.15) is 37.9 Å². The summed E-state index contributed by atoms with van der Waals surface area (Å²) < 4.78 is 1.85. The molecule has 3 aromatic rings. The predicted octanol–water partition coefficient (Wildman–Crippen LogP) is 5.43. The fraction of sp³-hybridized carbons (Fsp3) is 0.350. The molecule has 0 radical (unpaired) electrons. The van der Waals surface area contributed by atoms with Crippen molar-refractivity contribution < 1.29 is 0 Å². The first-order valence-corrected chi connectivity index (χ1v) is 9.60. The lowest BCUT2D eigenvalue weighted by Gasteiger charge is -2.21. The number of benzene rings is 1. The lowest BCUT2D eigenvalue weighted by Crippen LogP contribution is -2.29. The number of aromatic nitrogens is 3. The van der Waals surface area contributed by atoms with Gasteiger partial charge in [-0.15, -0.1) is 0 Å². The molecule has 4 rings (SSSR count). The van der Waals surface area contributed by atoms with Crippen LogP contribution >= 0.6 is 23.2 Å². The first-order valence-electron chi connectivity index (χ1n) is 8.84. The Bertz CT molecular complexity index is 1060. The minimum absolute atomic E-state index is 0.0527. The fourth-order valence-electron chi connectivity index (χ4n) is 3.66. The molecule has 6 heteroatoms. The van der Waals surface area contributed by atoms with Gasteiger partial charge in [0, 0.05) is 33.4 Å². The van der Waals surface area contributed by atoms with Crippen molar-refractivity contribution in [2.75, 3.05) is 0 Å². The first-order chi connectivity index (χ1) is 12.5. The van der Waals surface area contributed by atoms with Gasteiger partial charge in [0.25, 0.3) is 5.56 Å². The summed E-state index contributed by atoms with van der Waals surface area (Å²) in [6, 6.07) is 7.44. The van der Waals surface area contributed by atoms with Crippen LogP contribution in [-0.2, 0) is 0 Å². The Kier molecular flexibility index (Phi) is 4.49. The van der Waals surface area contributed by atoms with Crippen molar-refractivity contribution in [3.8, 4) is 11.1 Å². The summed E-state index contributed by atoms with van der Waals surface area (Å²) >= 11 is 12.5. The van der Waals surface area contributed by atoms with E-state index in [4.69, 9.17) is 23.2 Å². The van der Waals surface area contributed by atoms with Gasteiger partial charge in [-0.1, -0.05) is 36.2 Å². The molecule has 1 aliphatic rings. The number of nitrogens with zero attached hydrogens (tertiary/aromatic N) is 3. The van der Waals surface area contributed by atoms with Crippen molar-refractivity contribution in [3.05, 3.63) is 56.6 Å². The van der Waals surface area contributed by atoms with Gasteiger partial charge in [-0.25, -0.2) is 9.97 Å². The summed E-state index contributed by atoms with van der Waals surface area (Å²) in [5, 5.41) is 1.13. The van der Waals surface area contributed by atoms with Crippen LogP contribution < -0.4 is 5.56 Å². The molecule has 1 unspecified atom stereocenters. The minimum Gasteiger partial charge on any atom is -0.286 e. The molecule has 134 valence electrons. The molecule has 0 spiro atoms. The SMILES string of the molecule is CCC(C1CC1)n1c(=O)c(C)nc2c(-c3ccc(Cl)cc3Cl)ccnc21. The molecule has 0 bridgehead atoms. The fourth-order valence-corrected chi connectivity index (χ4v) is 4.17. The van der Waals surface area contributed by atoms with Gasteiger partial charge >= 0.3 is 0 Å². The zero-order valence-electron chi connectivity index (χ0n) is 14.7. The monoisotopic (exact) mass is 387 g/mol. The smallest absolute Gasteiger partial charge is 0.273 e. The average Bonchev–Trinajstić information content (AvgIpc) is 3.44. The zero-order valence-corrected chi connectivity index (χ0v) is 16.2. The van der Waals surface area contributed by atoms with E-state index in [9.17, 15) is 4.79 Å². The highest BCUT2D eigenvalue weighted by atomic mass is 35.5. The van der Waals surface area contributed by atoms with Crippen LogP contribution in [0.2, 0.25) is 10.0 Å². The summed E-state index contributed by atoms with van der Waals surface area (Å²) in [7, 11) is 0. The molecule has 1 aliphatic carbocycles. The molecule has 0 saturated heterocycles. The average molecular weight is 388 g/mol. The van der Waals surface area contributed by atoms with E-state index >= 15 is 0 Å². The Labute approximate surface area is 161 Å². The van der Waals surface area contributed by atoms with Crippen molar-refractivity contribution >= 4 is 34.4 Å². The minimum atomic E-state index is -0.0527. The van der Waals surface area contributed by atoms with Gasteiger partial charge in [0.15, 0.2) is 5.65 Å². The van der Waals surface area contributed by atoms with E-state index in [-0.39, 0.29) is 11.6 Å². The molecule has 0 N–H and O–H groups in total. The number of halogens is 2. The van der Waals surface area contributed by atoms with E-state index in [1.165, 1.54) is 0 Å². The van der Waals surface area contributed by atoms with Crippen LogP contribution in [0.25, 0.3) is 22.3 Å². The lowest BCUT2D eigenvalue weighted by molar-refractivity contribution is 0.428. The topological polar surface area (TPSA) is 47.8 Å². The molecule has 2 aromatic heterocycles. The van der Waals surface area contributed by atoms with Crippen LogP contribution in [0.3, 0.4) is 0 Å². The van der Waals surface area contributed by atoms with E-state index in [1.54, 1.807) is 25.3 Å². The van der Waals surface area contributed by atoms with Gasteiger partial charge in [0.1, 0.15) is 11.2 Å². The first kappa shape index (κ1) is 17.5. The summed E-state index contributed by atoms with van der Waals surface area (Å²) in [5.41, 5.74) is 3.45. The molecule has 0 amide bonds. The van der Waals surface area contributed by atoms with Gasteiger partial charge in [-0.05, 0) is 50.3 Å². The van der Waals surface area contributed by atoms with Gasteiger partial charge in [-0.3, -0.25) is 9.36 Å². The standard InChI is InChI=1S/C20H19Cl2N3O/c1-3-17(12-4-5-12)25-19-18(24-11(2)20(25)26)15(8-9-23-19)14-7-6-13(21)10-16(14)22/h6-10,12,17H,3-5H2,1-2H3. The number of pyridine rings is 1. The zero-order chi connectivity index (χ0) is 18.4. The van der Waals surface area contributed by atoms with Crippen LogP contribution in [0.15, 0.2) is 35.3 Å². The van der Waals surface area contributed by atoms with Crippen LogP contribution in [0.4, 0.5) is 0 Å². The maximum atomic E-state index is 12.9. The molecule has 1 aromatic carbocycles. The van der Waals surface area contributed by atoms with E-state index in [0.717, 1.165) is 30.4 Å². The number of hydrogen-bond donors (Lipinski definition) is 0. The third kappa shape index (κ3) is 2.91. The Morgan fingerprint density at radius 1 is 1.23 bits per heavy atom. The summed E-state index contributed by atoms with van der Waals surface area (Å²) in [6.07, 6.45) is 4.94. The molecule has 1 saturated carbocycles. The lowest BCUT2D eigenvalue weighted by atomic mass is 10.0. The molecular formula is C20H19Cl2N3O. The molecule has 1 fully saturated rings. The van der Waals surface area contributed by atoms with Gasteiger partial charge in [-0.2, -0.15) is 0 Å². The molecule has 26 heavy (non-hydrogen) atoms. The second-order valence-corrected chi connectivity index (χ2v) is 7.68. The highest BCUT2D eigenvalue weighted by Gasteiger charge is 2.33. The van der Waals surface area contributed by atoms with Crippen molar-refractivity contribution in [2.24, 2.45) is 5.92 Å². The Hall–Kier alpha value is -1.91. The molecule has 2 heterocycles. The molecular weight excluding hydrogens is 369 g/mol. The molecule has 0 aliphatic heterocycles. The normalized spacial score (nSPS) is 15.4. The third-order valence-corrected chi connectivity index (χ3v) is 5.63. The highest BCUT2D eigenvalue weighted by Crippen LogP contribution is 2.42. The number of fused-ring (bicyclic) bond motifs is 1. The maximum Gasteiger partial charge on any atom is 0.273 e. The number of rotatable bonds is 4. The highest BCUT2D eigenvalue weighted by molar-refractivity contribution is 6.36. The second kappa shape index (κ2) is 6.67. The van der Waals surface area contributed by atoms with Crippen molar-refractivity contribution in [3.63, 3.8) is 0 Å². The quantitative estimate of drug-likeness (QED) is 0.598. The third-order valence-electron chi connectivity index (χ3n) is 5.08. The summed E-state index contributed by atoms with van der Waals surface area (Å²) in [4.78, 5) is 22.0. The largest absolute Gasteiger partial charge is 0.286 e. The number of hydrogen-bond acceptors (Lipinski definition) is 3. The van der Waals surface area contributed by atoms with E-state index in [1.807, 2.05) is 16.7 Å². The van der Waals surface area contributed by atoms with Crippen molar-refractivity contribution in [1.82, 2.24) is 14.5 Å². The maximum absolute atomic E-state index is 12.9. The van der Waals surface area contributed by atoms with Crippen LogP contribution in [0, 0.1) is 12.8 Å². The van der Waals surface area contributed by atoms with Gasteiger partial charge in [0.05, 0.1) is 0 Å². The van der Waals surface area contributed by atoms with E-state index in [2.05, 4.69) is 16.9 Å². The predicted molar refractivity (Wildman–Crippen MR) is 106 cm³/mol. The van der Waals surface area contributed by atoms with E-state index in [0.29, 0.717) is 32.8 Å². The van der Waals surface area contributed by atoms with Crippen LogP contribution in [0.5, 0.6) is 0 Å². The summed E-state index contributed by atoms with van der Waals surface area (Å²) in [6.45, 7) is 3.88. The number of aryl methyl sites for hydroxylation is 1. The second-order valence-electron chi connectivity index (χ2n) is 6.84. The van der Waals surface area contributed by atoms with Gasteiger partial charge in [0.2, 0.25) is 0 Å². The summed E-state index contributed by atoms with van der Waals surface area (Å²) in [5.74, 6) is 0.548. The van der Waals surface area contributed by atoms with Gasteiger partial charge < -0.3 is 0 Å². The van der Waals surface area contributed by atoms with Crippen LogP contribution in [-0.4, -0.2) is 14.5 Å².